The summed E-state index contributed by atoms with van der Waals surface area (Å²) in [4.78, 5) is 0. The van der Waals surface area contributed by atoms with E-state index >= 15 is 0 Å². The highest BCUT2D eigenvalue weighted by Gasteiger charge is 2.48. The highest BCUT2D eigenvalue weighted by Crippen LogP contribution is 2.44. The number of nitrogens with one attached hydrogen (secondary N) is 1. The molecule has 1 aliphatic carbocycles. The van der Waals surface area contributed by atoms with Crippen LogP contribution in [0, 0.1) is 5.41 Å². The summed E-state index contributed by atoms with van der Waals surface area (Å²) in [6.07, 6.45) is 0.749. The van der Waals surface area contributed by atoms with Crippen molar-refractivity contribution >= 4 is 11.6 Å². The second-order valence-electron chi connectivity index (χ2n) is 5.53. The van der Waals surface area contributed by atoms with Gasteiger partial charge in [-0.15, -0.1) is 11.6 Å². The molecular weight excluding hydrogens is 256 g/mol. The highest BCUT2D eigenvalue weighted by molar-refractivity contribution is 6.21. The lowest BCUT2D eigenvalue weighted by Gasteiger charge is -2.49. The van der Waals surface area contributed by atoms with Crippen molar-refractivity contribution in [2.45, 2.75) is 37.6 Å². The summed E-state index contributed by atoms with van der Waals surface area (Å²) in [6.45, 7) is 3.67. The average Bonchev–Trinajstić information content (AvgIpc) is 2.35. The molecule has 4 heteroatoms. The molecule has 2 unspecified atom stereocenters. The minimum atomic E-state index is -2.84. The minimum Gasteiger partial charge on any atom is -0.307 e. The summed E-state index contributed by atoms with van der Waals surface area (Å²) < 4.78 is 27.9. The summed E-state index contributed by atoms with van der Waals surface area (Å²) in [5, 5.41) is 3.01. The maximum atomic E-state index is 13.9. The molecule has 2 rings (SSSR count). The van der Waals surface area contributed by atoms with Gasteiger partial charge in [0.15, 0.2) is 0 Å². The van der Waals surface area contributed by atoms with Crippen LogP contribution in [0.1, 0.15) is 25.8 Å². The van der Waals surface area contributed by atoms with Crippen molar-refractivity contribution in [2.24, 2.45) is 5.41 Å². The van der Waals surface area contributed by atoms with Crippen molar-refractivity contribution in [3.8, 4) is 0 Å². The number of hydrogen-bond acceptors (Lipinski definition) is 1. The normalized spacial score (nSPS) is 26.7. The zero-order valence-electron chi connectivity index (χ0n) is 10.6. The Balaban J connectivity index is 1.95. The van der Waals surface area contributed by atoms with E-state index in [2.05, 4.69) is 5.32 Å². The number of rotatable bonds is 4. The van der Waals surface area contributed by atoms with Crippen molar-refractivity contribution in [3.05, 3.63) is 35.9 Å². The van der Waals surface area contributed by atoms with Gasteiger partial charge >= 0.3 is 0 Å². The third kappa shape index (κ3) is 2.52. The standard InChI is InChI=1S/C14H18ClF2N/c1-13(2)11(15)8-12(13)18-9-14(16,17)10-6-4-3-5-7-10/h3-7,11-12,18H,8-9H2,1-2H3. The topological polar surface area (TPSA) is 12.0 Å². The average molecular weight is 274 g/mol. The molecule has 1 saturated carbocycles. The van der Waals surface area contributed by atoms with Gasteiger partial charge < -0.3 is 5.32 Å². The van der Waals surface area contributed by atoms with Crippen LogP contribution in [0.5, 0.6) is 0 Å². The van der Waals surface area contributed by atoms with Crippen molar-refractivity contribution in [2.75, 3.05) is 6.54 Å². The van der Waals surface area contributed by atoms with Gasteiger partial charge in [-0.05, 0) is 11.8 Å². The fourth-order valence-corrected chi connectivity index (χ4v) is 2.58. The molecule has 0 heterocycles. The van der Waals surface area contributed by atoms with E-state index in [4.69, 9.17) is 11.6 Å². The summed E-state index contributed by atoms with van der Waals surface area (Å²) in [5.41, 5.74) is -0.0639. The summed E-state index contributed by atoms with van der Waals surface area (Å²) >= 11 is 6.07. The molecule has 0 amide bonds. The van der Waals surface area contributed by atoms with Gasteiger partial charge in [0.05, 0.1) is 6.54 Å². The molecule has 1 fully saturated rings. The lowest BCUT2D eigenvalue weighted by atomic mass is 9.66. The largest absolute Gasteiger partial charge is 0.307 e. The number of halogens is 3. The van der Waals surface area contributed by atoms with Crippen LogP contribution in [0.3, 0.4) is 0 Å². The molecule has 18 heavy (non-hydrogen) atoms. The van der Waals surface area contributed by atoms with Gasteiger partial charge in [0, 0.05) is 17.0 Å². The molecule has 1 nitrogen and oxygen atoms in total. The first kappa shape index (κ1) is 13.8. The van der Waals surface area contributed by atoms with Crippen molar-refractivity contribution in [1.29, 1.82) is 0 Å². The van der Waals surface area contributed by atoms with E-state index in [-0.39, 0.29) is 28.9 Å². The summed E-state index contributed by atoms with van der Waals surface area (Å²) in [6, 6.07) is 7.97. The molecule has 0 radical (unpaired) electrons. The molecule has 0 bridgehead atoms. The van der Waals surface area contributed by atoms with E-state index in [1.54, 1.807) is 18.2 Å². The first-order valence-electron chi connectivity index (χ1n) is 6.15. The van der Waals surface area contributed by atoms with E-state index in [9.17, 15) is 8.78 Å². The zero-order valence-corrected chi connectivity index (χ0v) is 11.3. The fourth-order valence-electron chi connectivity index (χ4n) is 2.25. The highest BCUT2D eigenvalue weighted by atomic mass is 35.5. The Morgan fingerprint density at radius 3 is 2.44 bits per heavy atom. The number of benzene rings is 1. The van der Waals surface area contributed by atoms with Gasteiger partial charge in [0.25, 0.3) is 5.92 Å². The Morgan fingerprint density at radius 1 is 1.33 bits per heavy atom. The second-order valence-corrected chi connectivity index (χ2v) is 6.06. The molecule has 1 N–H and O–H groups in total. The van der Waals surface area contributed by atoms with Gasteiger partial charge in [-0.25, -0.2) is 0 Å². The van der Waals surface area contributed by atoms with Crippen molar-refractivity contribution in [3.63, 3.8) is 0 Å². The first-order chi connectivity index (χ1) is 8.34. The quantitative estimate of drug-likeness (QED) is 0.824. The van der Waals surface area contributed by atoms with E-state index in [0.29, 0.717) is 0 Å². The molecule has 0 spiro atoms. The molecular formula is C14H18ClF2N. The van der Waals surface area contributed by atoms with Crippen LogP contribution < -0.4 is 5.32 Å². The zero-order chi connectivity index (χ0) is 13.4. The summed E-state index contributed by atoms with van der Waals surface area (Å²) in [7, 11) is 0. The SMILES string of the molecule is CC1(C)C(Cl)CC1NCC(F)(F)c1ccccc1. The third-order valence-corrected chi connectivity index (χ3v) is 4.66. The van der Waals surface area contributed by atoms with Crippen LogP contribution in [0.25, 0.3) is 0 Å². The Kier molecular flexibility index (Phi) is 3.65. The van der Waals surface area contributed by atoms with Crippen LogP contribution in [-0.4, -0.2) is 18.0 Å². The lowest BCUT2D eigenvalue weighted by molar-refractivity contribution is -0.0179. The van der Waals surface area contributed by atoms with Gasteiger partial charge in [0.2, 0.25) is 0 Å². The molecule has 1 aromatic carbocycles. The Hall–Kier alpha value is -0.670. The molecule has 0 aliphatic heterocycles. The predicted octanol–water partition coefficient (Wildman–Crippen LogP) is 3.77. The van der Waals surface area contributed by atoms with Crippen LogP contribution in [0.4, 0.5) is 8.78 Å². The van der Waals surface area contributed by atoms with Crippen molar-refractivity contribution in [1.82, 2.24) is 5.32 Å². The molecule has 1 aliphatic rings. The van der Waals surface area contributed by atoms with E-state index < -0.39 is 5.92 Å². The maximum Gasteiger partial charge on any atom is 0.285 e. The molecule has 1 aromatic rings. The molecule has 2 atom stereocenters. The number of hydrogen-bond donors (Lipinski definition) is 1. The van der Waals surface area contributed by atoms with Gasteiger partial charge in [-0.2, -0.15) is 8.78 Å². The Bertz CT molecular complexity index is 406. The fraction of sp³-hybridized carbons (Fsp3) is 0.571. The van der Waals surface area contributed by atoms with E-state index in [0.717, 1.165) is 6.42 Å². The van der Waals surface area contributed by atoms with Gasteiger partial charge in [-0.1, -0.05) is 44.2 Å². The molecule has 100 valence electrons. The van der Waals surface area contributed by atoms with Crippen LogP contribution in [0.2, 0.25) is 0 Å². The molecule has 0 saturated heterocycles. The predicted molar refractivity (Wildman–Crippen MR) is 70.2 cm³/mol. The smallest absolute Gasteiger partial charge is 0.285 e. The Labute approximate surface area is 112 Å². The Morgan fingerprint density at radius 2 is 1.94 bits per heavy atom. The van der Waals surface area contributed by atoms with Gasteiger partial charge in [0.1, 0.15) is 0 Å². The monoisotopic (exact) mass is 273 g/mol. The van der Waals surface area contributed by atoms with Crippen LogP contribution >= 0.6 is 11.6 Å². The van der Waals surface area contributed by atoms with Crippen LogP contribution in [0.15, 0.2) is 30.3 Å². The second kappa shape index (κ2) is 4.78. The third-order valence-electron chi connectivity index (χ3n) is 3.91. The minimum absolute atomic E-state index is 0.0528. The first-order valence-corrected chi connectivity index (χ1v) is 6.58. The van der Waals surface area contributed by atoms with Gasteiger partial charge in [-0.3, -0.25) is 0 Å². The van der Waals surface area contributed by atoms with E-state index in [1.807, 2.05) is 13.8 Å². The molecule has 0 aromatic heterocycles. The lowest BCUT2D eigenvalue weighted by Crippen LogP contribution is -2.59. The number of alkyl halides is 3. The summed E-state index contributed by atoms with van der Waals surface area (Å²) in [5.74, 6) is -2.84. The van der Waals surface area contributed by atoms with Crippen LogP contribution in [-0.2, 0) is 5.92 Å². The maximum absolute atomic E-state index is 13.9. The van der Waals surface area contributed by atoms with Crippen molar-refractivity contribution < 1.29 is 8.78 Å². The van der Waals surface area contributed by atoms with E-state index in [1.165, 1.54) is 12.1 Å².